The number of aromatic nitrogens is 1. The number of nitrogens with zero attached hydrogens (tertiary/aromatic N) is 1. The third-order valence-electron chi connectivity index (χ3n) is 1.97. The van der Waals surface area contributed by atoms with Gasteiger partial charge >= 0.3 is 0 Å². The molecule has 0 amide bonds. The summed E-state index contributed by atoms with van der Waals surface area (Å²) in [6, 6.07) is 6.80. The van der Waals surface area contributed by atoms with Crippen LogP contribution in [0.3, 0.4) is 0 Å². The maximum absolute atomic E-state index is 10.6. The average molecular weight is 176 g/mol. The van der Waals surface area contributed by atoms with E-state index in [-0.39, 0.29) is 10.6 Å². The van der Waals surface area contributed by atoms with Crippen LogP contribution in [0.2, 0.25) is 0 Å². The van der Waals surface area contributed by atoms with Crippen LogP contribution in [0.4, 0.5) is 5.69 Å². The summed E-state index contributed by atoms with van der Waals surface area (Å²) in [7, 11) is 0. The minimum Gasteiger partial charge on any atom is -0.358 e. The van der Waals surface area contributed by atoms with Gasteiger partial charge in [-0.3, -0.25) is 10.1 Å². The molecule has 13 heavy (non-hydrogen) atoms. The van der Waals surface area contributed by atoms with E-state index < -0.39 is 0 Å². The quantitative estimate of drug-likeness (QED) is 0.535. The normalized spacial score (nSPS) is 10.5. The molecule has 0 saturated carbocycles. The molecular weight excluding hydrogens is 168 g/mol. The summed E-state index contributed by atoms with van der Waals surface area (Å²) in [4.78, 5) is 13.3. The zero-order valence-electron chi connectivity index (χ0n) is 7.07. The number of benzene rings is 1. The number of nitro benzene ring substituents is 1. The van der Waals surface area contributed by atoms with Crippen LogP contribution in [0.1, 0.15) is 5.69 Å². The zero-order valence-corrected chi connectivity index (χ0v) is 7.07. The summed E-state index contributed by atoms with van der Waals surface area (Å²) >= 11 is 0. The fraction of sp³-hybridized carbons (Fsp3) is 0.111. The van der Waals surface area contributed by atoms with Crippen LogP contribution >= 0.6 is 0 Å². The molecule has 0 spiro atoms. The second-order valence-corrected chi connectivity index (χ2v) is 2.95. The first-order chi connectivity index (χ1) is 6.18. The molecule has 0 saturated heterocycles. The monoisotopic (exact) mass is 176 g/mol. The number of nitrogens with one attached hydrogen (secondary N) is 1. The molecule has 0 fully saturated rings. The van der Waals surface area contributed by atoms with Gasteiger partial charge < -0.3 is 4.98 Å². The topological polar surface area (TPSA) is 58.9 Å². The molecule has 0 aliphatic carbocycles. The van der Waals surface area contributed by atoms with Crippen LogP contribution in [0, 0.1) is 17.0 Å². The van der Waals surface area contributed by atoms with Crippen molar-refractivity contribution in [3.05, 3.63) is 40.1 Å². The van der Waals surface area contributed by atoms with Crippen molar-refractivity contribution < 1.29 is 4.92 Å². The largest absolute Gasteiger partial charge is 0.358 e. The molecule has 0 atom stereocenters. The molecular formula is C9H8N2O2. The first kappa shape index (κ1) is 7.79. The zero-order chi connectivity index (χ0) is 9.42. The number of hydrogen-bond donors (Lipinski definition) is 1. The second-order valence-electron chi connectivity index (χ2n) is 2.95. The Morgan fingerprint density at radius 2 is 2.23 bits per heavy atom. The Hall–Kier alpha value is -1.84. The minimum atomic E-state index is -0.365. The van der Waals surface area contributed by atoms with Crippen molar-refractivity contribution in [3.63, 3.8) is 0 Å². The van der Waals surface area contributed by atoms with Crippen molar-refractivity contribution in [2.45, 2.75) is 6.92 Å². The van der Waals surface area contributed by atoms with Crippen molar-refractivity contribution in [1.29, 1.82) is 0 Å². The summed E-state index contributed by atoms with van der Waals surface area (Å²) in [6.45, 7) is 1.88. The van der Waals surface area contributed by atoms with Gasteiger partial charge in [0.2, 0.25) is 0 Å². The summed E-state index contributed by atoms with van der Waals surface area (Å²) in [5, 5.41) is 11.3. The van der Waals surface area contributed by atoms with E-state index in [0.29, 0.717) is 5.39 Å². The fourth-order valence-corrected chi connectivity index (χ4v) is 1.44. The highest BCUT2D eigenvalue weighted by molar-refractivity contribution is 5.89. The molecule has 0 radical (unpaired) electrons. The smallest absolute Gasteiger partial charge is 0.278 e. The molecule has 4 heteroatoms. The minimum absolute atomic E-state index is 0.154. The SMILES string of the molecule is Cc1cc2c([N+](=O)[O-])cccc2[nH]1. The van der Waals surface area contributed by atoms with E-state index in [1.54, 1.807) is 12.1 Å². The third-order valence-corrected chi connectivity index (χ3v) is 1.97. The van der Waals surface area contributed by atoms with Crippen molar-refractivity contribution >= 4 is 16.6 Å². The van der Waals surface area contributed by atoms with Crippen LogP contribution in [-0.2, 0) is 0 Å². The van der Waals surface area contributed by atoms with Gasteiger partial charge in [-0.05, 0) is 19.1 Å². The number of fused-ring (bicyclic) bond motifs is 1. The first-order valence-corrected chi connectivity index (χ1v) is 3.91. The Morgan fingerprint density at radius 1 is 1.46 bits per heavy atom. The molecule has 0 aliphatic heterocycles. The molecule has 0 aliphatic rings. The van der Waals surface area contributed by atoms with Gasteiger partial charge in [0.05, 0.1) is 15.8 Å². The van der Waals surface area contributed by atoms with Gasteiger partial charge in [0, 0.05) is 11.8 Å². The van der Waals surface area contributed by atoms with E-state index >= 15 is 0 Å². The Morgan fingerprint density at radius 3 is 2.92 bits per heavy atom. The number of non-ortho nitro benzene ring substituents is 1. The number of aromatic amines is 1. The highest BCUT2D eigenvalue weighted by Crippen LogP contribution is 2.25. The summed E-state index contributed by atoms with van der Waals surface area (Å²) in [5.41, 5.74) is 1.90. The maximum Gasteiger partial charge on any atom is 0.278 e. The van der Waals surface area contributed by atoms with E-state index in [1.165, 1.54) is 6.07 Å². The molecule has 1 aromatic carbocycles. The fourth-order valence-electron chi connectivity index (χ4n) is 1.44. The molecule has 2 aromatic rings. The summed E-state index contributed by atoms with van der Waals surface area (Å²) in [6.07, 6.45) is 0. The summed E-state index contributed by atoms with van der Waals surface area (Å²) < 4.78 is 0. The lowest BCUT2D eigenvalue weighted by atomic mass is 10.2. The van der Waals surface area contributed by atoms with Gasteiger partial charge in [-0.1, -0.05) is 6.07 Å². The molecule has 1 N–H and O–H groups in total. The molecule has 2 rings (SSSR count). The van der Waals surface area contributed by atoms with Gasteiger partial charge in [0.15, 0.2) is 0 Å². The predicted molar refractivity (Wildman–Crippen MR) is 49.7 cm³/mol. The van der Waals surface area contributed by atoms with E-state index in [2.05, 4.69) is 4.98 Å². The molecule has 1 aromatic heterocycles. The molecule has 4 nitrogen and oxygen atoms in total. The first-order valence-electron chi connectivity index (χ1n) is 3.91. The van der Waals surface area contributed by atoms with Gasteiger partial charge in [-0.15, -0.1) is 0 Å². The average Bonchev–Trinajstić information content (AvgIpc) is 2.43. The van der Waals surface area contributed by atoms with Crippen molar-refractivity contribution in [3.8, 4) is 0 Å². The molecule has 0 bridgehead atoms. The number of nitro groups is 1. The van der Waals surface area contributed by atoms with Gasteiger partial charge in [-0.25, -0.2) is 0 Å². The lowest BCUT2D eigenvalue weighted by Crippen LogP contribution is -1.87. The predicted octanol–water partition coefficient (Wildman–Crippen LogP) is 2.38. The van der Waals surface area contributed by atoms with Crippen LogP contribution in [0.5, 0.6) is 0 Å². The number of aryl methyl sites for hydroxylation is 1. The van der Waals surface area contributed by atoms with Crippen molar-refractivity contribution in [1.82, 2.24) is 4.98 Å². The molecule has 1 heterocycles. The standard InChI is InChI=1S/C9H8N2O2/c1-6-5-7-8(10-6)3-2-4-9(7)11(12)13/h2-5,10H,1H3. The Balaban J connectivity index is 2.82. The number of rotatable bonds is 1. The Labute approximate surface area is 74.3 Å². The number of hydrogen-bond acceptors (Lipinski definition) is 2. The van der Waals surface area contributed by atoms with Crippen molar-refractivity contribution in [2.24, 2.45) is 0 Å². The van der Waals surface area contributed by atoms with E-state index in [4.69, 9.17) is 0 Å². The lowest BCUT2D eigenvalue weighted by molar-refractivity contribution is -0.383. The molecule has 0 unspecified atom stereocenters. The van der Waals surface area contributed by atoms with Crippen LogP contribution < -0.4 is 0 Å². The van der Waals surface area contributed by atoms with Gasteiger partial charge in [0.25, 0.3) is 5.69 Å². The van der Waals surface area contributed by atoms with Crippen LogP contribution in [0.25, 0.3) is 10.9 Å². The van der Waals surface area contributed by atoms with E-state index in [0.717, 1.165) is 11.2 Å². The van der Waals surface area contributed by atoms with Crippen LogP contribution in [-0.4, -0.2) is 9.91 Å². The van der Waals surface area contributed by atoms with Crippen molar-refractivity contribution in [2.75, 3.05) is 0 Å². The third kappa shape index (κ3) is 1.16. The summed E-state index contributed by atoms with van der Waals surface area (Å²) in [5.74, 6) is 0. The highest BCUT2D eigenvalue weighted by Gasteiger charge is 2.11. The van der Waals surface area contributed by atoms with Crippen LogP contribution in [0.15, 0.2) is 24.3 Å². The van der Waals surface area contributed by atoms with Gasteiger partial charge in [0.1, 0.15) is 0 Å². The molecule has 66 valence electrons. The second kappa shape index (κ2) is 2.58. The highest BCUT2D eigenvalue weighted by atomic mass is 16.6. The van der Waals surface area contributed by atoms with E-state index in [1.807, 2.05) is 13.0 Å². The Bertz CT molecular complexity index is 473. The Kier molecular flexibility index (Phi) is 1.55. The maximum atomic E-state index is 10.6. The lowest BCUT2D eigenvalue weighted by Gasteiger charge is -1.91. The van der Waals surface area contributed by atoms with E-state index in [9.17, 15) is 10.1 Å². The number of H-pyrrole nitrogens is 1. The van der Waals surface area contributed by atoms with Gasteiger partial charge in [-0.2, -0.15) is 0 Å².